The molecule has 0 saturated heterocycles. The molecule has 1 amide bonds. The van der Waals surface area contributed by atoms with Crippen molar-refractivity contribution in [3.63, 3.8) is 0 Å². The molecule has 26 heavy (non-hydrogen) atoms. The summed E-state index contributed by atoms with van der Waals surface area (Å²) in [6, 6.07) is 9.64. The lowest BCUT2D eigenvalue weighted by atomic mass is 10.1. The number of aromatic amines is 1. The van der Waals surface area contributed by atoms with Crippen LogP contribution >= 0.6 is 0 Å². The van der Waals surface area contributed by atoms with Gasteiger partial charge in [-0.05, 0) is 37.1 Å². The van der Waals surface area contributed by atoms with E-state index in [4.69, 9.17) is 0 Å². The number of para-hydroxylation sites is 1. The first-order valence-corrected chi connectivity index (χ1v) is 8.43. The van der Waals surface area contributed by atoms with Crippen LogP contribution in [0.3, 0.4) is 0 Å². The van der Waals surface area contributed by atoms with E-state index in [2.05, 4.69) is 27.2 Å². The van der Waals surface area contributed by atoms with Gasteiger partial charge in [-0.1, -0.05) is 18.2 Å². The molecule has 0 aliphatic rings. The van der Waals surface area contributed by atoms with Crippen LogP contribution in [-0.2, 0) is 6.54 Å². The molecule has 3 heterocycles. The van der Waals surface area contributed by atoms with E-state index in [0.29, 0.717) is 12.1 Å². The number of fused-ring (bicyclic) bond motifs is 1. The van der Waals surface area contributed by atoms with E-state index in [0.717, 1.165) is 28.0 Å². The first-order chi connectivity index (χ1) is 12.6. The molecule has 0 spiro atoms. The first kappa shape index (κ1) is 16.1. The minimum Gasteiger partial charge on any atom is -0.358 e. The monoisotopic (exact) mass is 345 g/mol. The van der Waals surface area contributed by atoms with Crippen LogP contribution in [0.1, 0.15) is 27.2 Å². The highest BCUT2D eigenvalue weighted by molar-refractivity contribution is 6.06. The Labute approximate surface area is 150 Å². The van der Waals surface area contributed by atoms with Crippen molar-refractivity contribution in [2.75, 3.05) is 0 Å². The molecule has 0 bridgehead atoms. The number of imidazole rings is 1. The molecule has 3 aromatic heterocycles. The molecule has 0 radical (unpaired) electrons. The maximum atomic E-state index is 12.6. The van der Waals surface area contributed by atoms with E-state index in [1.54, 1.807) is 18.7 Å². The SMILES string of the molecule is Cc1[nH]c2c(C(=O)NCc3ccc(-n4ccnc4)nc3)cccc2c1C. The van der Waals surface area contributed by atoms with Crippen molar-refractivity contribution in [1.82, 2.24) is 24.8 Å². The quantitative estimate of drug-likeness (QED) is 0.596. The van der Waals surface area contributed by atoms with Crippen molar-refractivity contribution in [3.8, 4) is 5.82 Å². The number of benzene rings is 1. The molecule has 2 N–H and O–H groups in total. The molecular weight excluding hydrogens is 326 g/mol. The summed E-state index contributed by atoms with van der Waals surface area (Å²) in [7, 11) is 0. The van der Waals surface area contributed by atoms with E-state index in [1.807, 2.05) is 48.0 Å². The van der Waals surface area contributed by atoms with Crippen LogP contribution in [0.2, 0.25) is 0 Å². The van der Waals surface area contributed by atoms with Crippen molar-refractivity contribution >= 4 is 16.8 Å². The van der Waals surface area contributed by atoms with Gasteiger partial charge < -0.3 is 10.3 Å². The van der Waals surface area contributed by atoms with Gasteiger partial charge in [-0.15, -0.1) is 0 Å². The molecule has 6 heteroatoms. The number of hydrogen-bond acceptors (Lipinski definition) is 3. The zero-order chi connectivity index (χ0) is 18.1. The molecule has 4 rings (SSSR count). The number of amides is 1. The van der Waals surface area contributed by atoms with Crippen LogP contribution in [0.4, 0.5) is 0 Å². The van der Waals surface area contributed by atoms with Crippen molar-refractivity contribution in [1.29, 1.82) is 0 Å². The predicted molar refractivity (Wildman–Crippen MR) is 100 cm³/mol. The first-order valence-electron chi connectivity index (χ1n) is 8.43. The van der Waals surface area contributed by atoms with Gasteiger partial charge in [0, 0.05) is 36.2 Å². The van der Waals surface area contributed by atoms with Crippen LogP contribution in [0.15, 0.2) is 55.2 Å². The number of aromatic nitrogens is 4. The number of carbonyl (C=O) groups is 1. The fraction of sp³-hybridized carbons (Fsp3) is 0.150. The second kappa shape index (κ2) is 6.48. The third-order valence-corrected chi connectivity index (χ3v) is 4.62. The van der Waals surface area contributed by atoms with E-state index in [-0.39, 0.29) is 5.91 Å². The number of nitrogens with one attached hydrogen (secondary N) is 2. The van der Waals surface area contributed by atoms with Crippen molar-refractivity contribution in [3.05, 3.63) is 77.6 Å². The molecule has 0 unspecified atom stereocenters. The smallest absolute Gasteiger partial charge is 0.253 e. The number of aryl methyl sites for hydroxylation is 2. The van der Waals surface area contributed by atoms with Crippen LogP contribution in [-0.4, -0.2) is 25.4 Å². The molecule has 6 nitrogen and oxygen atoms in total. The van der Waals surface area contributed by atoms with Crippen LogP contribution in [0, 0.1) is 13.8 Å². The topological polar surface area (TPSA) is 75.6 Å². The fourth-order valence-corrected chi connectivity index (χ4v) is 3.02. The Morgan fingerprint density at radius 2 is 2.12 bits per heavy atom. The summed E-state index contributed by atoms with van der Waals surface area (Å²) in [6.45, 7) is 4.50. The molecule has 0 atom stereocenters. The second-order valence-electron chi connectivity index (χ2n) is 6.28. The Morgan fingerprint density at radius 3 is 2.85 bits per heavy atom. The zero-order valence-electron chi connectivity index (χ0n) is 14.7. The highest BCUT2D eigenvalue weighted by atomic mass is 16.1. The average molecular weight is 345 g/mol. The van der Waals surface area contributed by atoms with Gasteiger partial charge in [0.1, 0.15) is 12.1 Å². The largest absolute Gasteiger partial charge is 0.358 e. The third kappa shape index (κ3) is 2.86. The van der Waals surface area contributed by atoms with Crippen molar-refractivity contribution in [2.24, 2.45) is 0 Å². The molecule has 1 aromatic carbocycles. The van der Waals surface area contributed by atoms with Gasteiger partial charge in [-0.2, -0.15) is 0 Å². The molecule has 4 aromatic rings. The Kier molecular flexibility index (Phi) is 4.01. The Morgan fingerprint density at radius 1 is 1.23 bits per heavy atom. The average Bonchev–Trinajstić information content (AvgIpc) is 3.29. The predicted octanol–water partition coefficient (Wildman–Crippen LogP) is 3.30. The highest BCUT2D eigenvalue weighted by Crippen LogP contribution is 2.24. The summed E-state index contributed by atoms with van der Waals surface area (Å²) in [5.74, 6) is 0.690. The fourth-order valence-electron chi connectivity index (χ4n) is 3.02. The summed E-state index contributed by atoms with van der Waals surface area (Å²) in [4.78, 5) is 24.4. The minimum absolute atomic E-state index is 0.101. The number of pyridine rings is 1. The van der Waals surface area contributed by atoms with Crippen LogP contribution in [0.25, 0.3) is 16.7 Å². The number of rotatable bonds is 4. The van der Waals surface area contributed by atoms with Crippen LogP contribution < -0.4 is 5.32 Å². The number of carbonyl (C=O) groups excluding carboxylic acids is 1. The Balaban J connectivity index is 1.50. The molecule has 0 aliphatic heterocycles. The number of hydrogen-bond donors (Lipinski definition) is 2. The summed E-state index contributed by atoms with van der Waals surface area (Å²) < 4.78 is 1.83. The standard InChI is InChI=1S/C20H19N5O/c1-13-14(2)24-19-16(13)4-3-5-17(19)20(26)23-11-15-6-7-18(22-10-15)25-9-8-21-12-25/h3-10,12,24H,11H2,1-2H3,(H,23,26). The maximum absolute atomic E-state index is 12.6. The van der Waals surface area contributed by atoms with Gasteiger partial charge in [-0.25, -0.2) is 9.97 Å². The van der Waals surface area contributed by atoms with E-state index < -0.39 is 0 Å². The normalized spacial score (nSPS) is 11.0. The van der Waals surface area contributed by atoms with Gasteiger partial charge in [0.05, 0.1) is 11.1 Å². The lowest BCUT2D eigenvalue weighted by Gasteiger charge is -2.07. The molecule has 0 aliphatic carbocycles. The van der Waals surface area contributed by atoms with E-state index in [9.17, 15) is 4.79 Å². The molecule has 130 valence electrons. The number of H-pyrrole nitrogens is 1. The summed E-state index contributed by atoms with van der Waals surface area (Å²) in [6.07, 6.45) is 7.01. The summed E-state index contributed by atoms with van der Waals surface area (Å²) >= 11 is 0. The lowest BCUT2D eigenvalue weighted by molar-refractivity contribution is 0.0952. The third-order valence-electron chi connectivity index (χ3n) is 4.62. The molecule has 0 saturated carbocycles. The van der Waals surface area contributed by atoms with Crippen molar-refractivity contribution < 1.29 is 4.79 Å². The van der Waals surface area contributed by atoms with Gasteiger partial charge in [0.25, 0.3) is 5.91 Å². The summed E-state index contributed by atoms with van der Waals surface area (Å²) in [5, 5.41) is 4.06. The molecule has 0 fully saturated rings. The maximum Gasteiger partial charge on any atom is 0.253 e. The second-order valence-corrected chi connectivity index (χ2v) is 6.28. The van der Waals surface area contributed by atoms with Gasteiger partial charge in [0.2, 0.25) is 0 Å². The van der Waals surface area contributed by atoms with E-state index >= 15 is 0 Å². The van der Waals surface area contributed by atoms with Gasteiger partial charge >= 0.3 is 0 Å². The minimum atomic E-state index is -0.101. The Hall–Kier alpha value is -3.41. The van der Waals surface area contributed by atoms with E-state index in [1.165, 1.54) is 5.56 Å². The molecular formula is C20H19N5O. The van der Waals surface area contributed by atoms with Gasteiger partial charge in [0.15, 0.2) is 0 Å². The van der Waals surface area contributed by atoms with Gasteiger partial charge in [-0.3, -0.25) is 9.36 Å². The van der Waals surface area contributed by atoms with Crippen molar-refractivity contribution in [2.45, 2.75) is 20.4 Å². The Bertz CT molecular complexity index is 1060. The zero-order valence-corrected chi connectivity index (χ0v) is 14.7. The number of nitrogens with zero attached hydrogens (tertiary/aromatic N) is 3. The lowest BCUT2D eigenvalue weighted by Crippen LogP contribution is -2.23. The highest BCUT2D eigenvalue weighted by Gasteiger charge is 2.13. The van der Waals surface area contributed by atoms with Crippen LogP contribution in [0.5, 0.6) is 0 Å². The summed E-state index contributed by atoms with van der Waals surface area (Å²) in [5.41, 5.74) is 4.73.